The maximum Gasteiger partial charge on any atom is 0.251 e. The molecule has 2 amide bonds. The third-order valence-corrected chi connectivity index (χ3v) is 3.57. The lowest BCUT2D eigenvalue weighted by molar-refractivity contribution is 0.0937. The van der Waals surface area contributed by atoms with Crippen molar-refractivity contribution < 1.29 is 14.0 Å². The Morgan fingerprint density at radius 1 is 0.840 bits per heavy atom. The fraction of sp³-hybridized carbons (Fsp3) is 0.105. The van der Waals surface area contributed by atoms with Gasteiger partial charge in [-0.05, 0) is 48.5 Å². The van der Waals surface area contributed by atoms with Crippen LogP contribution in [0.3, 0.4) is 0 Å². The van der Waals surface area contributed by atoms with E-state index in [1.54, 1.807) is 48.9 Å². The van der Waals surface area contributed by atoms with Crippen molar-refractivity contribution >= 4 is 11.8 Å². The minimum atomic E-state index is -0.225. The Kier molecular flexibility index (Phi) is 5.21. The van der Waals surface area contributed by atoms with Crippen molar-refractivity contribution in [3.8, 4) is 0 Å². The molecule has 126 valence electrons. The van der Waals surface area contributed by atoms with E-state index in [4.69, 9.17) is 4.42 Å². The van der Waals surface area contributed by atoms with Gasteiger partial charge in [-0.15, -0.1) is 0 Å². The van der Waals surface area contributed by atoms with Crippen LogP contribution in [0, 0.1) is 0 Å². The number of nitrogens with zero attached hydrogens (tertiary/aromatic N) is 1. The number of furan rings is 1. The number of hydrogen-bond acceptors (Lipinski definition) is 4. The van der Waals surface area contributed by atoms with Gasteiger partial charge in [0.05, 0.1) is 25.0 Å². The Morgan fingerprint density at radius 2 is 1.52 bits per heavy atom. The highest BCUT2D eigenvalue weighted by Gasteiger charge is 2.09. The number of rotatable bonds is 6. The number of carbonyl (C=O) groups excluding carboxylic acids is 2. The van der Waals surface area contributed by atoms with Gasteiger partial charge in [0.25, 0.3) is 11.8 Å². The van der Waals surface area contributed by atoms with E-state index in [1.165, 1.54) is 0 Å². The highest BCUT2D eigenvalue weighted by atomic mass is 16.3. The summed E-state index contributed by atoms with van der Waals surface area (Å²) in [6.45, 7) is 0.670. The van der Waals surface area contributed by atoms with E-state index in [-0.39, 0.29) is 11.8 Å². The first-order valence-electron chi connectivity index (χ1n) is 7.81. The molecule has 1 aromatic carbocycles. The van der Waals surface area contributed by atoms with E-state index >= 15 is 0 Å². The number of carbonyl (C=O) groups is 2. The highest BCUT2D eigenvalue weighted by molar-refractivity contribution is 5.97. The second-order valence-electron chi connectivity index (χ2n) is 5.34. The summed E-state index contributed by atoms with van der Waals surface area (Å²) in [6, 6.07) is 15.6. The molecular formula is C19H17N3O3. The first-order valence-corrected chi connectivity index (χ1v) is 7.81. The van der Waals surface area contributed by atoms with E-state index in [1.807, 2.05) is 18.2 Å². The summed E-state index contributed by atoms with van der Waals surface area (Å²) in [6.07, 6.45) is 3.23. The molecule has 0 unspecified atom stereocenters. The van der Waals surface area contributed by atoms with Gasteiger partial charge < -0.3 is 15.1 Å². The fourth-order valence-corrected chi connectivity index (χ4v) is 2.23. The smallest absolute Gasteiger partial charge is 0.251 e. The van der Waals surface area contributed by atoms with Crippen LogP contribution < -0.4 is 10.6 Å². The quantitative estimate of drug-likeness (QED) is 0.725. The Labute approximate surface area is 144 Å². The maximum absolute atomic E-state index is 12.1. The van der Waals surface area contributed by atoms with Crippen LogP contribution in [-0.2, 0) is 13.1 Å². The molecule has 0 aliphatic rings. The molecule has 0 atom stereocenters. The Bertz CT molecular complexity index is 828. The first-order chi connectivity index (χ1) is 12.2. The van der Waals surface area contributed by atoms with Crippen LogP contribution in [0.15, 0.2) is 71.5 Å². The van der Waals surface area contributed by atoms with Crippen molar-refractivity contribution in [2.24, 2.45) is 0 Å². The molecular weight excluding hydrogens is 318 g/mol. The molecule has 0 radical (unpaired) electrons. The van der Waals surface area contributed by atoms with Crippen LogP contribution in [0.2, 0.25) is 0 Å². The van der Waals surface area contributed by atoms with Gasteiger partial charge in [0, 0.05) is 17.3 Å². The predicted octanol–water partition coefficient (Wildman–Crippen LogP) is 2.53. The number of amides is 2. The lowest BCUT2D eigenvalue weighted by Crippen LogP contribution is -2.24. The molecule has 25 heavy (non-hydrogen) atoms. The Hall–Kier alpha value is -3.41. The van der Waals surface area contributed by atoms with Gasteiger partial charge in [-0.3, -0.25) is 14.6 Å². The van der Waals surface area contributed by atoms with Crippen molar-refractivity contribution in [3.63, 3.8) is 0 Å². The second-order valence-corrected chi connectivity index (χ2v) is 5.34. The number of aromatic nitrogens is 1. The van der Waals surface area contributed by atoms with Crippen molar-refractivity contribution in [2.45, 2.75) is 13.1 Å². The molecule has 2 aromatic heterocycles. The van der Waals surface area contributed by atoms with Gasteiger partial charge in [-0.25, -0.2) is 0 Å². The molecule has 0 aliphatic heterocycles. The number of benzene rings is 1. The number of pyridine rings is 1. The van der Waals surface area contributed by atoms with Crippen LogP contribution in [0.5, 0.6) is 0 Å². The third kappa shape index (κ3) is 4.54. The summed E-state index contributed by atoms with van der Waals surface area (Å²) in [7, 11) is 0. The largest absolute Gasteiger partial charge is 0.467 e. The summed E-state index contributed by atoms with van der Waals surface area (Å²) >= 11 is 0. The number of nitrogens with one attached hydrogen (secondary N) is 2. The second kappa shape index (κ2) is 7.92. The first kappa shape index (κ1) is 16.4. The lowest BCUT2D eigenvalue weighted by atomic mass is 10.1. The van der Waals surface area contributed by atoms with Crippen LogP contribution in [-0.4, -0.2) is 16.8 Å². The van der Waals surface area contributed by atoms with Gasteiger partial charge in [0.15, 0.2) is 0 Å². The normalized spacial score (nSPS) is 10.2. The predicted molar refractivity (Wildman–Crippen MR) is 91.7 cm³/mol. The average molecular weight is 335 g/mol. The highest BCUT2D eigenvalue weighted by Crippen LogP contribution is 2.06. The molecule has 3 aromatic rings. The average Bonchev–Trinajstić information content (AvgIpc) is 3.19. The summed E-state index contributed by atoms with van der Waals surface area (Å²) in [5.74, 6) is 0.240. The van der Waals surface area contributed by atoms with Crippen LogP contribution >= 0.6 is 0 Å². The molecule has 6 heteroatoms. The van der Waals surface area contributed by atoms with E-state index in [9.17, 15) is 9.59 Å². The molecule has 0 saturated carbocycles. The lowest BCUT2D eigenvalue weighted by Gasteiger charge is -2.06. The standard InChI is InChI=1S/C19H17N3O3/c23-18(21-12-16-4-1-2-10-20-16)14-6-8-15(9-7-14)19(24)22-13-17-5-3-11-25-17/h1-11H,12-13H2,(H,21,23)(H,22,24). The summed E-state index contributed by atoms with van der Waals surface area (Å²) in [5.41, 5.74) is 1.75. The minimum Gasteiger partial charge on any atom is -0.467 e. The zero-order chi connectivity index (χ0) is 17.5. The van der Waals surface area contributed by atoms with Gasteiger partial charge in [-0.2, -0.15) is 0 Å². The minimum absolute atomic E-state index is 0.215. The van der Waals surface area contributed by atoms with E-state index in [0.29, 0.717) is 30.0 Å². The van der Waals surface area contributed by atoms with E-state index in [0.717, 1.165) is 5.69 Å². The molecule has 0 bridgehead atoms. The van der Waals surface area contributed by atoms with Crippen molar-refractivity contribution in [1.29, 1.82) is 0 Å². The monoisotopic (exact) mass is 335 g/mol. The molecule has 0 aliphatic carbocycles. The van der Waals surface area contributed by atoms with Crippen LogP contribution in [0.1, 0.15) is 32.2 Å². The third-order valence-electron chi connectivity index (χ3n) is 3.57. The molecule has 3 rings (SSSR count). The van der Waals surface area contributed by atoms with Crippen LogP contribution in [0.4, 0.5) is 0 Å². The van der Waals surface area contributed by atoms with Crippen molar-refractivity contribution in [2.75, 3.05) is 0 Å². The fourth-order valence-electron chi connectivity index (χ4n) is 2.23. The molecule has 0 fully saturated rings. The van der Waals surface area contributed by atoms with Gasteiger partial charge in [-0.1, -0.05) is 6.07 Å². The number of hydrogen-bond donors (Lipinski definition) is 2. The molecule has 2 heterocycles. The summed E-state index contributed by atoms with van der Waals surface area (Å²) in [4.78, 5) is 28.3. The molecule has 0 saturated heterocycles. The summed E-state index contributed by atoms with van der Waals surface area (Å²) < 4.78 is 5.16. The van der Waals surface area contributed by atoms with Gasteiger partial charge in [0.1, 0.15) is 5.76 Å². The Balaban J connectivity index is 1.54. The molecule has 0 spiro atoms. The van der Waals surface area contributed by atoms with Crippen molar-refractivity contribution in [3.05, 3.63) is 89.6 Å². The van der Waals surface area contributed by atoms with Crippen molar-refractivity contribution in [1.82, 2.24) is 15.6 Å². The Morgan fingerprint density at radius 3 is 2.08 bits per heavy atom. The van der Waals surface area contributed by atoms with Gasteiger partial charge in [0.2, 0.25) is 0 Å². The zero-order valence-electron chi connectivity index (χ0n) is 13.4. The van der Waals surface area contributed by atoms with Gasteiger partial charge >= 0.3 is 0 Å². The topological polar surface area (TPSA) is 84.2 Å². The van der Waals surface area contributed by atoms with E-state index in [2.05, 4.69) is 15.6 Å². The zero-order valence-corrected chi connectivity index (χ0v) is 13.4. The van der Waals surface area contributed by atoms with Crippen LogP contribution in [0.25, 0.3) is 0 Å². The van der Waals surface area contributed by atoms with E-state index < -0.39 is 0 Å². The summed E-state index contributed by atoms with van der Waals surface area (Å²) in [5, 5.41) is 5.55. The molecule has 2 N–H and O–H groups in total. The SMILES string of the molecule is O=C(NCc1ccccn1)c1ccc(C(=O)NCc2ccco2)cc1. The maximum atomic E-state index is 12.1. The molecule has 6 nitrogen and oxygen atoms in total.